The molecule has 0 N–H and O–H groups in total. The molecule has 33 heavy (non-hydrogen) atoms. The topological polar surface area (TPSA) is 80.8 Å². The summed E-state index contributed by atoms with van der Waals surface area (Å²) < 4.78 is 32.4. The van der Waals surface area contributed by atoms with Crippen molar-refractivity contribution in [1.29, 1.82) is 0 Å². The summed E-state index contributed by atoms with van der Waals surface area (Å²) >= 11 is 5.86. The van der Waals surface area contributed by atoms with E-state index < -0.39 is 28.6 Å². The maximum atomic E-state index is 13.0. The Kier molecular flexibility index (Phi) is 7.51. The van der Waals surface area contributed by atoms with Crippen LogP contribution in [0, 0.1) is 0 Å². The van der Waals surface area contributed by atoms with Crippen LogP contribution in [-0.4, -0.2) is 43.7 Å². The lowest BCUT2D eigenvalue weighted by Gasteiger charge is -2.23. The third kappa shape index (κ3) is 5.48. The normalized spacial score (nSPS) is 20.0. The van der Waals surface area contributed by atoms with Crippen molar-refractivity contribution in [2.24, 2.45) is 0 Å². The Labute approximate surface area is 199 Å². The summed E-state index contributed by atoms with van der Waals surface area (Å²) in [4.78, 5) is 25.3. The van der Waals surface area contributed by atoms with E-state index in [9.17, 15) is 18.0 Å². The molecule has 4 rings (SSSR count). The van der Waals surface area contributed by atoms with Crippen LogP contribution in [0.5, 0.6) is 0 Å². The molecule has 6 nitrogen and oxygen atoms in total. The highest BCUT2D eigenvalue weighted by Crippen LogP contribution is 2.32. The third-order valence-corrected chi connectivity index (χ3v) is 8.73. The fourth-order valence-electron chi connectivity index (χ4n) is 4.70. The Bertz CT molecular complexity index is 1090. The fraction of sp³-hybridized carbons (Fsp3) is 0.440. The first-order valence-electron chi connectivity index (χ1n) is 11.4. The number of sulfonamides is 1. The Balaban J connectivity index is 1.36. The van der Waals surface area contributed by atoms with Crippen LogP contribution in [0.15, 0.2) is 53.4 Å². The number of ketones is 1. The van der Waals surface area contributed by atoms with Crippen LogP contribution in [0.25, 0.3) is 0 Å². The Morgan fingerprint density at radius 1 is 0.909 bits per heavy atom. The molecule has 1 heterocycles. The van der Waals surface area contributed by atoms with Gasteiger partial charge in [-0.3, -0.25) is 9.59 Å². The standard InChI is InChI=1S/C25H28ClNO5S/c26-21-12-14-22(15-13-21)33(30,31)27-16-4-7-23(27)25(29)32-17-24(28)20-10-8-19(9-11-20)18-5-2-1-3-6-18/h8-15,18,23H,1-7,16-17H2. The molecule has 1 aliphatic heterocycles. The smallest absolute Gasteiger partial charge is 0.324 e. The van der Waals surface area contributed by atoms with Gasteiger partial charge in [0.05, 0.1) is 4.90 Å². The van der Waals surface area contributed by atoms with E-state index in [1.54, 1.807) is 12.1 Å². The first kappa shape index (κ1) is 23.9. The predicted octanol–water partition coefficient (Wildman–Crippen LogP) is 4.97. The average molecular weight is 490 g/mol. The van der Waals surface area contributed by atoms with Crippen LogP contribution in [0.1, 0.15) is 66.8 Å². The van der Waals surface area contributed by atoms with Gasteiger partial charge in [-0.15, -0.1) is 0 Å². The van der Waals surface area contributed by atoms with Gasteiger partial charge in [0.2, 0.25) is 10.0 Å². The van der Waals surface area contributed by atoms with Crippen molar-refractivity contribution in [1.82, 2.24) is 4.31 Å². The Morgan fingerprint density at radius 3 is 2.24 bits per heavy atom. The van der Waals surface area contributed by atoms with E-state index in [4.69, 9.17) is 16.3 Å². The molecule has 0 aromatic heterocycles. The molecule has 2 aromatic carbocycles. The number of carbonyl (C=O) groups is 2. The molecule has 0 spiro atoms. The average Bonchev–Trinajstić information content (AvgIpc) is 3.34. The minimum atomic E-state index is -3.87. The van der Waals surface area contributed by atoms with Gasteiger partial charge in [-0.1, -0.05) is 55.1 Å². The zero-order valence-corrected chi connectivity index (χ0v) is 20.0. The molecule has 1 aliphatic carbocycles. The molecular weight excluding hydrogens is 462 g/mol. The summed E-state index contributed by atoms with van der Waals surface area (Å²) in [6, 6.07) is 12.4. The number of carbonyl (C=O) groups excluding carboxylic acids is 2. The second-order valence-electron chi connectivity index (χ2n) is 8.72. The summed E-state index contributed by atoms with van der Waals surface area (Å²) in [5.74, 6) is -0.447. The second kappa shape index (κ2) is 10.4. The Morgan fingerprint density at radius 2 is 1.58 bits per heavy atom. The number of hydrogen-bond acceptors (Lipinski definition) is 5. The molecule has 1 saturated heterocycles. The van der Waals surface area contributed by atoms with Gasteiger partial charge < -0.3 is 4.74 Å². The van der Waals surface area contributed by atoms with Crippen LogP contribution in [-0.2, 0) is 19.6 Å². The van der Waals surface area contributed by atoms with Gasteiger partial charge in [-0.2, -0.15) is 4.31 Å². The number of ether oxygens (including phenoxy) is 1. The van der Waals surface area contributed by atoms with Crippen molar-refractivity contribution in [3.63, 3.8) is 0 Å². The lowest BCUT2D eigenvalue weighted by molar-refractivity contribution is -0.146. The lowest BCUT2D eigenvalue weighted by atomic mass is 9.84. The number of esters is 1. The van der Waals surface area contributed by atoms with Crippen LogP contribution in [0.3, 0.4) is 0 Å². The highest BCUT2D eigenvalue weighted by Gasteiger charge is 2.40. The van der Waals surface area contributed by atoms with Crippen LogP contribution < -0.4 is 0 Å². The number of nitrogens with zero attached hydrogens (tertiary/aromatic N) is 1. The molecule has 176 valence electrons. The summed E-state index contributed by atoms with van der Waals surface area (Å²) in [6.07, 6.45) is 7.04. The van der Waals surface area contributed by atoms with E-state index in [1.807, 2.05) is 12.1 Å². The molecule has 1 atom stereocenters. The first-order chi connectivity index (χ1) is 15.9. The molecule has 1 saturated carbocycles. The number of rotatable bonds is 7. The van der Waals surface area contributed by atoms with Crippen LogP contribution in [0.2, 0.25) is 5.02 Å². The summed E-state index contributed by atoms with van der Waals surface area (Å²) in [6.45, 7) is -0.186. The monoisotopic (exact) mass is 489 g/mol. The van der Waals surface area contributed by atoms with Crippen molar-refractivity contribution in [3.8, 4) is 0 Å². The fourth-order valence-corrected chi connectivity index (χ4v) is 6.47. The number of benzene rings is 2. The zero-order valence-electron chi connectivity index (χ0n) is 18.4. The molecule has 2 fully saturated rings. The quantitative estimate of drug-likeness (QED) is 0.405. The summed E-state index contributed by atoms with van der Waals surface area (Å²) in [5, 5.41) is 0.427. The second-order valence-corrected chi connectivity index (χ2v) is 11.0. The van der Waals surface area contributed by atoms with Crippen molar-refractivity contribution < 1.29 is 22.7 Å². The van der Waals surface area contributed by atoms with Gasteiger partial charge in [-0.05, 0) is 61.4 Å². The third-order valence-electron chi connectivity index (χ3n) is 6.55. The minimum Gasteiger partial charge on any atom is -0.456 e. The van der Waals surface area contributed by atoms with E-state index in [0.717, 1.165) is 4.31 Å². The van der Waals surface area contributed by atoms with Gasteiger partial charge in [0, 0.05) is 17.1 Å². The van der Waals surface area contributed by atoms with Crippen LogP contribution in [0.4, 0.5) is 0 Å². The number of hydrogen-bond donors (Lipinski definition) is 0. The SMILES string of the molecule is O=C(COC(=O)C1CCCN1S(=O)(=O)c1ccc(Cl)cc1)c1ccc(C2CCCCC2)cc1. The van der Waals surface area contributed by atoms with Crippen molar-refractivity contribution in [2.75, 3.05) is 13.2 Å². The maximum absolute atomic E-state index is 13.0. The predicted molar refractivity (Wildman–Crippen MR) is 126 cm³/mol. The van der Waals surface area contributed by atoms with E-state index >= 15 is 0 Å². The first-order valence-corrected chi connectivity index (χ1v) is 13.3. The number of halogens is 1. The van der Waals surface area contributed by atoms with E-state index in [2.05, 4.69) is 0 Å². The van der Waals surface area contributed by atoms with Gasteiger partial charge in [-0.25, -0.2) is 8.42 Å². The molecule has 1 unspecified atom stereocenters. The molecule has 2 aliphatic rings. The molecule has 8 heteroatoms. The van der Waals surface area contributed by atoms with E-state index in [0.29, 0.717) is 29.3 Å². The molecule has 2 aromatic rings. The van der Waals surface area contributed by atoms with Gasteiger partial charge >= 0.3 is 5.97 Å². The summed E-state index contributed by atoms with van der Waals surface area (Å²) in [5.41, 5.74) is 1.73. The van der Waals surface area contributed by atoms with E-state index in [-0.39, 0.29) is 17.2 Å². The molecule has 0 radical (unpaired) electrons. The van der Waals surface area contributed by atoms with Gasteiger partial charge in [0.25, 0.3) is 0 Å². The van der Waals surface area contributed by atoms with Crippen LogP contribution >= 0.6 is 11.6 Å². The van der Waals surface area contributed by atoms with Gasteiger partial charge in [0.1, 0.15) is 6.04 Å². The summed E-state index contributed by atoms with van der Waals surface area (Å²) in [7, 11) is -3.87. The highest BCUT2D eigenvalue weighted by atomic mass is 35.5. The van der Waals surface area contributed by atoms with Crippen molar-refractivity contribution >= 4 is 33.4 Å². The molecule has 0 bridgehead atoms. The highest BCUT2D eigenvalue weighted by molar-refractivity contribution is 7.89. The Hall–Kier alpha value is -2.22. The molecule has 0 amide bonds. The zero-order chi connectivity index (χ0) is 23.4. The number of Topliss-reactive ketones (excluding diaryl/α,β-unsaturated/α-hetero) is 1. The van der Waals surface area contributed by atoms with Crippen molar-refractivity contribution in [2.45, 2.75) is 61.8 Å². The van der Waals surface area contributed by atoms with Gasteiger partial charge in [0.15, 0.2) is 12.4 Å². The minimum absolute atomic E-state index is 0.0701. The lowest BCUT2D eigenvalue weighted by Crippen LogP contribution is -2.41. The van der Waals surface area contributed by atoms with Crippen molar-refractivity contribution in [3.05, 3.63) is 64.7 Å². The molecular formula is C25H28ClNO5S. The largest absolute Gasteiger partial charge is 0.456 e. The van der Waals surface area contributed by atoms with E-state index in [1.165, 1.54) is 61.9 Å². The maximum Gasteiger partial charge on any atom is 0.324 e.